The van der Waals surface area contributed by atoms with Crippen molar-refractivity contribution in [2.24, 2.45) is 0 Å². The van der Waals surface area contributed by atoms with Gasteiger partial charge in [0.05, 0.1) is 17.6 Å². The average molecular weight is 468 g/mol. The van der Waals surface area contributed by atoms with Crippen LogP contribution in [0.1, 0.15) is 16.8 Å². The second-order valence-corrected chi connectivity index (χ2v) is 9.20. The molecule has 1 N–H and O–H groups in total. The molecule has 0 aliphatic carbocycles. The summed E-state index contributed by atoms with van der Waals surface area (Å²) in [7, 11) is 0. The molecule has 174 valence electrons. The van der Waals surface area contributed by atoms with E-state index >= 15 is 0 Å². The smallest absolute Gasteiger partial charge is 0.254 e. The Balaban J connectivity index is 1.18. The van der Waals surface area contributed by atoms with Gasteiger partial charge in [-0.25, -0.2) is 4.98 Å². The zero-order chi connectivity index (χ0) is 22.6. The minimum absolute atomic E-state index is 0.0869. The van der Waals surface area contributed by atoms with Gasteiger partial charge in [-0.1, -0.05) is 11.6 Å². The minimum Gasteiger partial charge on any atom is -0.380 e. The van der Waals surface area contributed by atoms with E-state index in [2.05, 4.69) is 19.8 Å². The predicted molar refractivity (Wildman–Crippen MR) is 131 cm³/mol. The number of piperazine rings is 1. The third-order valence-electron chi connectivity index (χ3n) is 6.55. The third kappa shape index (κ3) is 5.38. The summed E-state index contributed by atoms with van der Waals surface area (Å²) < 4.78 is 5.54. The average Bonchev–Trinajstić information content (AvgIpc) is 3.10. The Hall–Kier alpha value is -2.45. The van der Waals surface area contributed by atoms with E-state index in [0.29, 0.717) is 10.6 Å². The fourth-order valence-electron chi connectivity index (χ4n) is 4.55. The van der Waals surface area contributed by atoms with Crippen molar-refractivity contribution >= 4 is 28.5 Å². The molecule has 2 fully saturated rings. The van der Waals surface area contributed by atoms with E-state index < -0.39 is 0 Å². The molecule has 1 amide bonds. The van der Waals surface area contributed by atoms with Crippen molar-refractivity contribution in [2.75, 3.05) is 65.6 Å². The van der Waals surface area contributed by atoms with Crippen molar-refractivity contribution in [3.63, 3.8) is 0 Å². The molecule has 7 nitrogen and oxygen atoms in total. The van der Waals surface area contributed by atoms with Crippen molar-refractivity contribution in [3.8, 4) is 11.4 Å². The topological polar surface area (TPSA) is 64.7 Å². The summed E-state index contributed by atoms with van der Waals surface area (Å²) in [5.74, 6) is 0.861. The van der Waals surface area contributed by atoms with Crippen molar-refractivity contribution in [1.82, 2.24) is 24.7 Å². The van der Waals surface area contributed by atoms with Crippen LogP contribution in [0, 0.1) is 0 Å². The highest BCUT2D eigenvalue weighted by molar-refractivity contribution is 6.30. The van der Waals surface area contributed by atoms with E-state index in [-0.39, 0.29) is 5.91 Å². The maximum absolute atomic E-state index is 13.1. The highest BCUT2D eigenvalue weighted by Crippen LogP contribution is 2.23. The first kappa shape index (κ1) is 22.3. The number of aromatic amines is 1. The first-order valence-corrected chi connectivity index (χ1v) is 12.1. The van der Waals surface area contributed by atoms with E-state index in [1.807, 2.05) is 47.4 Å². The number of nitrogens with zero attached hydrogens (tertiary/aromatic N) is 4. The van der Waals surface area contributed by atoms with E-state index in [9.17, 15) is 4.79 Å². The van der Waals surface area contributed by atoms with Gasteiger partial charge in [0.25, 0.3) is 5.91 Å². The number of rotatable bonds is 5. The lowest BCUT2D eigenvalue weighted by molar-refractivity contribution is 0.0621. The van der Waals surface area contributed by atoms with Crippen LogP contribution < -0.4 is 0 Å². The van der Waals surface area contributed by atoms with Gasteiger partial charge in [0.15, 0.2) is 0 Å². The number of carbonyl (C=O) groups is 1. The predicted octanol–water partition coefficient (Wildman–Crippen LogP) is 3.36. The molecule has 0 saturated carbocycles. The van der Waals surface area contributed by atoms with Crippen LogP contribution in [0.25, 0.3) is 22.4 Å². The molecule has 5 rings (SSSR count). The SMILES string of the molecule is O=C(c1ccc2nc(-c3ccc(Cl)cc3)[nH]c2c1)N1CCN(CCN2CCCOCC2)CC1. The minimum atomic E-state index is 0.0869. The van der Waals surface area contributed by atoms with Gasteiger partial charge in [-0.05, 0) is 48.9 Å². The molecule has 0 unspecified atom stereocenters. The molecule has 2 aromatic carbocycles. The normalized spacial score (nSPS) is 18.5. The molecule has 0 spiro atoms. The van der Waals surface area contributed by atoms with Crippen molar-refractivity contribution < 1.29 is 9.53 Å². The first-order chi connectivity index (χ1) is 16.2. The fraction of sp³-hybridized carbons (Fsp3) is 0.440. The quantitative estimate of drug-likeness (QED) is 0.623. The number of benzene rings is 2. The van der Waals surface area contributed by atoms with Gasteiger partial charge in [-0.15, -0.1) is 0 Å². The van der Waals surface area contributed by atoms with Crippen molar-refractivity contribution in [3.05, 3.63) is 53.1 Å². The molecular weight excluding hydrogens is 438 g/mol. The number of ether oxygens (including phenoxy) is 1. The Morgan fingerprint density at radius 3 is 2.48 bits per heavy atom. The maximum atomic E-state index is 13.1. The Morgan fingerprint density at radius 2 is 1.70 bits per heavy atom. The van der Waals surface area contributed by atoms with Crippen LogP contribution in [0.3, 0.4) is 0 Å². The monoisotopic (exact) mass is 467 g/mol. The third-order valence-corrected chi connectivity index (χ3v) is 6.81. The summed E-state index contributed by atoms with van der Waals surface area (Å²) in [6, 6.07) is 13.3. The van der Waals surface area contributed by atoms with Gasteiger partial charge in [0, 0.05) is 75.1 Å². The molecule has 0 bridgehead atoms. The Labute approximate surface area is 199 Å². The van der Waals surface area contributed by atoms with Gasteiger partial charge in [0.2, 0.25) is 0 Å². The Morgan fingerprint density at radius 1 is 0.939 bits per heavy atom. The highest BCUT2D eigenvalue weighted by atomic mass is 35.5. The first-order valence-electron chi connectivity index (χ1n) is 11.7. The lowest BCUT2D eigenvalue weighted by Gasteiger charge is -2.35. The van der Waals surface area contributed by atoms with Crippen LogP contribution in [0.5, 0.6) is 0 Å². The number of fused-ring (bicyclic) bond motifs is 1. The number of halogens is 1. The maximum Gasteiger partial charge on any atom is 0.254 e. The molecule has 2 saturated heterocycles. The Bertz CT molecular complexity index is 1080. The molecule has 0 radical (unpaired) electrons. The molecule has 1 aromatic heterocycles. The molecule has 2 aliphatic heterocycles. The number of hydrogen-bond donors (Lipinski definition) is 1. The lowest BCUT2D eigenvalue weighted by Crippen LogP contribution is -2.50. The molecule has 33 heavy (non-hydrogen) atoms. The summed E-state index contributed by atoms with van der Waals surface area (Å²) in [5.41, 5.74) is 3.38. The van der Waals surface area contributed by atoms with Gasteiger partial charge in [-0.2, -0.15) is 0 Å². The van der Waals surface area contributed by atoms with E-state index in [1.54, 1.807) is 0 Å². The van der Waals surface area contributed by atoms with E-state index in [0.717, 1.165) is 94.4 Å². The number of amides is 1. The molecular formula is C25H30ClN5O2. The van der Waals surface area contributed by atoms with Crippen LogP contribution in [0.15, 0.2) is 42.5 Å². The summed E-state index contributed by atoms with van der Waals surface area (Å²) in [6.45, 7) is 9.35. The summed E-state index contributed by atoms with van der Waals surface area (Å²) >= 11 is 5.99. The molecule has 2 aliphatic rings. The van der Waals surface area contributed by atoms with Gasteiger partial charge < -0.3 is 14.6 Å². The van der Waals surface area contributed by atoms with Gasteiger partial charge in [0.1, 0.15) is 5.82 Å². The van der Waals surface area contributed by atoms with Crippen molar-refractivity contribution in [2.45, 2.75) is 6.42 Å². The standard InChI is InChI=1S/C25H30ClN5O2/c26-21-5-2-19(3-6-21)24-27-22-7-4-20(18-23(22)28-24)25(32)31-13-11-30(12-14-31)10-9-29-8-1-16-33-17-15-29/h2-7,18H,1,8-17H2,(H,27,28). The summed E-state index contributed by atoms with van der Waals surface area (Å²) in [5, 5.41) is 0.694. The number of H-pyrrole nitrogens is 1. The zero-order valence-electron chi connectivity index (χ0n) is 18.8. The Kier molecular flexibility index (Phi) is 6.92. The van der Waals surface area contributed by atoms with Crippen molar-refractivity contribution in [1.29, 1.82) is 0 Å². The molecule has 3 aromatic rings. The highest BCUT2D eigenvalue weighted by Gasteiger charge is 2.23. The number of imidazole rings is 1. The molecule has 3 heterocycles. The number of carbonyl (C=O) groups excluding carboxylic acids is 1. The summed E-state index contributed by atoms with van der Waals surface area (Å²) in [4.78, 5) is 28.1. The largest absolute Gasteiger partial charge is 0.380 e. The molecule has 0 atom stereocenters. The van der Waals surface area contributed by atoms with Crippen LogP contribution >= 0.6 is 11.6 Å². The van der Waals surface area contributed by atoms with Crippen LogP contribution in [-0.2, 0) is 4.74 Å². The zero-order valence-corrected chi connectivity index (χ0v) is 19.6. The second-order valence-electron chi connectivity index (χ2n) is 8.77. The number of hydrogen-bond acceptors (Lipinski definition) is 5. The summed E-state index contributed by atoms with van der Waals surface area (Å²) in [6.07, 6.45) is 1.12. The van der Waals surface area contributed by atoms with Crippen LogP contribution in [0.4, 0.5) is 0 Å². The van der Waals surface area contributed by atoms with Gasteiger partial charge >= 0.3 is 0 Å². The second kappa shape index (κ2) is 10.2. The number of nitrogens with one attached hydrogen (secondary N) is 1. The fourth-order valence-corrected chi connectivity index (χ4v) is 4.67. The van der Waals surface area contributed by atoms with E-state index in [4.69, 9.17) is 16.3 Å². The van der Waals surface area contributed by atoms with Crippen LogP contribution in [-0.4, -0.2) is 96.1 Å². The van der Waals surface area contributed by atoms with Crippen LogP contribution in [0.2, 0.25) is 5.02 Å². The van der Waals surface area contributed by atoms with Gasteiger partial charge in [-0.3, -0.25) is 14.6 Å². The lowest BCUT2D eigenvalue weighted by atomic mass is 10.1. The number of aromatic nitrogens is 2. The van der Waals surface area contributed by atoms with E-state index in [1.165, 1.54) is 0 Å². The molecule has 8 heteroatoms.